The van der Waals surface area contributed by atoms with Crippen molar-refractivity contribution in [1.29, 1.82) is 0 Å². The van der Waals surface area contributed by atoms with Crippen LogP contribution < -0.4 is 4.90 Å². The number of anilines is 1. The number of nitrogens with zero attached hydrogens (tertiary/aromatic N) is 3. The number of amides is 2. The summed E-state index contributed by atoms with van der Waals surface area (Å²) in [6.45, 7) is 1.94. The number of oxime groups is 1. The van der Waals surface area contributed by atoms with E-state index in [2.05, 4.69) is 5.16 Å². The van der Waals surface area contributed by atoms with E-state index in [1.807, 2.05) is 19.1 Å². The second-order valence-corrected chi connectivity index (χ2v) is 8.34. The highest BCUT2D eigenvalue weighted by molar-refractivity contribution is 6.23. The van der Waals surface area contributed by atoms with Crippen molar-refractivity contribution in [2.75, 3.05) is 4.90 Å². The molecule has 0 unspecified atom stereocenters. The van der Waals surface area contributed by atoms with Gasteiger partial charge in [-0.15, -0.1) is 0 Å². The maximum atomic E-state index is 13.3. The number of nitro benzene ring substituents is 1. The number of carbonyl (C=O) groups excluding carboxylic acids is 2. The van der Waals surface area contributed by atoms with Gasteiger partial charge in [0.25, 0.3) is 5.69 Å². The highest BCUT2D eigenvalue weighted by atomic mass is 16.7. The average molecular weight is 419 g/mol. The summed E-state index contributed by atoms with van der Waals surface area (Å²) in [5.41, 5.74) is 2.61. The van der Waals surface area contributed by atoms with Crippen molar-refractivity contribution >= 4 is 28.9 Å². The molecule has 2 amide bonds. The van der Waals surface area contributed by atoms with Gasteiger partial charge in [0.05, 0.1) is 40.2 Å². The summed E-state index contributed by atoms with van der Waals surface area (Å²) < 4.78 is 6.07. The standard InChI is InChI=1S/C22H17N3O6/c1-10-5-7-12(8-6-10)24-21(26)14-15(22(24)27)19-20-16(18(14)30-19)17(23-31-20)11-3-2-4-13(9-11)25(28)29/h2-9,14-16,18-20H,1H3/t14-,15+,16-,18+,19-,20-/m0/s1. The van der Waals surface area contributed by atoms with E-state index >= 15 is 0 Å². The van der Waals surface area contributed by atoms with Crippen molar-refractivity contribution < 1.29 is 24.1 Å². The van der Waals surface area contributed by atoms with Crippen molar-refractivity contribution in [2.45, 2.75) is 25.2 Å². The first kappa shape index (κ1) is 18.2. The molecule has 0 radical (unpaired) electrons. The Morgan fingerprint density at radius 1 is 0.968 bits per heavy atom. The minimum absolute atomic E-state index is 0.0525. The Morgan fingerprint density at radius 3 is 2.39 bits per heavy atom. The summed E-state index contributed by atoms with van der Waals surface area (Å²) >= 11 is 0. The Labute approximate surface area is 176 Å². The molecule has 9 nitrogen and oxygen atoms in total. The van der Waals surface area contributed by atoms with Gasteiger partial charge in [0, 0.05) is 17.7 Å². The third kappa shape index (κ3) is 2.37. The molecule has 4 aliphatic heterocycles. The monoisotopic (exact) mass is 419 g/mol. The fourth-order valence-electron chi connectivity index (χ4n) is 5.32. The summed E-state index contributed by atoms with van der Waals surface area (Å²) in [5.74, 6) is -2.15. The normalized spacial score (nSPS) is 32.7. The Morgan fingerprint density at radius 2 is 1.68 bits per heavy atom. The molecule has 6 rings (SSSR count). The number of non-ortho nitro benzene ring substituents is 1. The lowest BCUT2D eigenvalue weighted by molar-refractivity contribution is -0.384. The van der Waals surface area contributed by atoms with E-state index < -0.39 is 35.1 Å². The summed E-state index contributed by atoms with van der Waals surface area (Å²) in [7, 11) is 0. The molecule has 3 fully saturated rings. The molecule has 4 aliphatic rings. The average Bonchev–Trinajstić information content (AvgIpc) is 3.49. The fraction of sp³-hybridized carbons (Fsp3) is 0.318. The van der Waals surface area contributed by atoms with Crippen LogP contribution in [0.3, 0.4) is 0 Å². The SMILES string of the molecule is Cc1ccc(N2C(=O)[C@@H]3[C@H]4O[C@H]([C@H]5ON=C(c6cccc([N+](=O)[O-])c6)[C@H]54)[C@@H]3C2=O)cc1. The van der Waals surface area contributed by atoms with E-state index in [0.29, 0.717) is 17.0 Å². The number of ether oxygens (including phenoxy) is 1. The van der Waals surface area contributed by atoms with Crippen LogP contribution in [0.5, 0.6) is 0 Å². The Balaban J connectivity index is 1.34. The lowest BCUT2D eigenvalue weighted by Gasteiger charge is -2.26. The van der Waals surface area contributed by atoms with Gasteiger partial charge in [0.15, 0.2) is 6.10 Å². The number of hydrogen-bond donors (Lipinski definition) is 0. The van der Waals surface area contributed by atoms with Gasteiger partial charge >= 0.3 is 0 Å². The Kier molecular flexibility index (Phi) is 3.64. The minimum atomic E-state index is -0.620. The van der Waals surface area contributed by atoms with Crippen LogP contribution in [-0.4, -0.2) is 40.8 Å². The summed E-state index contributed by atoms with van der Waals surface area (Å²) in [5, 5.41) is 15.3. The topological polar surface area (TPSA) is 111 Å². The van der Waals surface area contributed by atoms with Gasteiger partial charge in [-0.25, -0.2) is 4.90 Å². The van der Waals surface area contributed by atoms with E-state index in [-0.39, 0.29) is 23.4 Å². The first-order valence-corrected chi connectivity index (χ1v) is 10.0. The van der Waals surface area contributed by atoms with E-state index in [0.717, 1.165) is 5.56 Å². The van der Waals surface area contributed by atoms with Crippen molar-refractivity contribution in [1.82, 2.24) is 0 Å². The van der Waals surface area contributed by atoms with Gasteiger partial charge in [-0.2, -0.15) is 0 Å². The molecule has 2 bridgehead atoms. The smallest absolute Gasteiger partial charge is 0.270 e. The molecule has 9 heteroatoms. The number of rotatable bonds is 3. The number of fused-ring (bicyclic) bond motifs is 8. The van der Waals surface area contributed by atoms with Gasteiger partial charge in [-0.05, 0) is 19.1 Å². The summed E-state index contributed by atoms with van der Waals surface area (Å²) in [6.07, 6.45) is -1.63. The lowest BCUT2D eigenvalue weighted by atomic mass is 9.71. The van der Waals surface area contributed by atoms with Crippen LogP contribution in [0.4, 0.5) is 11.4 Å². The molecular weight excluding hydrogens is 402 g/mol. The van der Waals surface area contributed by atoms with Crippen molar-refractivity contribution in [2.24, 2.45) is 22.9 Å². The molecule has 0 N–H and O–H groups in total. The summed E-state index contributed by atoms with van der Waals surface area (Å²) in [6, 6.07) is 13.4. The molecule has 2 aromatic carbocycles. The zero-order valence-electron chi connectivity index (χ0n) is 16.4. The number of hydrogen-bond acceptors (Lipinski definition) is 7. The van der Waals surface area contributed by atoms with Crippen LogP contribution in [0.1, 0.15) is 11.1 Å². The van der Waals surface area contributed by atoms with Gasteiger partial charge in [0.2, 0.25) is 11.8 Å². The minimum Gasteiger partial charge on any atom is -0.389 e. The first-order chi connectivity index (χ1) is 15.0. The lowest BCUT2D eigenvalue weighted by Crippen LogP contribution is -2.45. The van der Waals surface area contributed by atoms with Crippen LogP contribution in [-0.2, 0) is 19.2 Å². The van der Waals surface area contributed by atoms with E-state index in [4.69, 9.17) is 9.57 Å². The molecule has 0 aliphatic carbocycles. The quantitative estimate of drug-likeness (QED) is 0.428. The highest BCUT2D eigenvalue weighted by Gasteiger charge is 2.72. The molecule has 31 heavy (non-hydrogen) atoms. The van der Waals surface area contributed by atoms with E-state index in [1.165, 1.54) is 17.0 Å². The molecule has 0 spiro atoms. The van der Waals surface area contributed by atoms with Gasteiger partial charge in [-0.1, -0.05) is 35.0 Å². The zero-order chi connectivity index (χ0) is 21.4. The predicted molar refractivity (Wildman–Crippen MR) is 107 cm³/mol. The van der Waals surface area contributed by atoms with Crippen LogP contribution in [0, 0.1) is 34.8 Å². The largest absolute Gasteiger partial charge is 0.389 e. The zero-order valence-corrected chi connectivity index (χ0v) is 16.4. The van der Waals surface area contributed by atoms with Gasteiger partial charge in [0.1, 0.15) is 6.10 Å². The van der Waals surface area contributed by atoms with Crippen molar-refractivity contribution in [3.8, 4) is 0 Å². The third-order valence-corrected chi connectivity index (χ3v) is 6.69. The molecule has 2 aromatic rings. The van der Waals surface area contributed by atoms with Gasteiger partial charge in [-0.3, -0.25) is 19.7 Å². The van der Waals surface area contributed by atoms with Crippen LogP contribution in [0.25, 0.3) is 0 Å². The molecule has 3 saturated heterocycles. The second-order valence-electron chi connectivity index (χ2n) is 8.34. The number of imide groups is 1. The number of aryl methyl sites for hydroxylation is 1. The van der Waals surface area contributed by atoms with Crippen molar-refractivity contribution in [3.05, 3.63) is 69.8 Å². The third-order valence-electron chi connectivity index (χ3n) is 6.69. The van der Waals surface area contributed by atoms with Crippen LogP contribution in [0.2, 0.25) is 0 Å². The first-order valence-electron chi connectivity index (χ1n) is 10.0. The molecule has 0 saturated carbocycles. The molecule has 0 aromatic heterocycles. The second kappa shape index (κ2) is 6.21. The molecule has 6 atom stereocenters. The highest BCUT2D eigenvalue weighted by Crippen LogP contribution is 2.55. The van der Waals surface area contributed by atoms with E-state index in [1.54, 1.807) is 24.3 Å². The summed E-state index contributed by atoms with van der Waals surface area (Å²) in [4.78, 5) is 44.1. The maximum absolute atomic E-state index is 13.3. The maximum Gasteiger partial charge on any atom is 0.270 e. The molecule has 4 heterocycles. The van der Waals surface area contributed by atoms with Crippen LogP contribution in [0.15, 0.2) is 53.7 Å². The number of carbonyl (C=O) groups is 2. The number of nitro groups is 1. The van der Waals surface area contributed by atoms with Crippen LogP contribution >= 0.6 is 0 Å². The molecule has 156 valence electrons. The predicted octanol–water partition coefficient (Wildman–Crippen LogP) is 2.21. The fourth-order valence-corrected chi connectivity index (χ4v) is 5.32. The molecular formula is C22H17N3O6. The van der Waals surface area contributed by atoms with E-state index in [9.17, 15) is 19.7 Å². The number of benzene rings is 2. The van der Waals surface area contributed by atoms with Crippen molar-refractivity contribution in [3.63, 3.8) is 0 Å². The Bertz CT molecular complexity index is 1180. The Hall–Kier alpha value is -3.59. The van der Waals surface area contributed by atoms with Gasteiger partial charge < -0.3 is 9.57 Å².